The summed E-state index contributed by atoms with van der Waals surface area (Å²) >= 11 is 0. The van der Waals surface area contributed by atoms with E-state index < -0.39 is 0 Å². The molecule has 0 radical (unpaired) electrons. The van der Waals surface area contributed by atoms with Crippen LogP contribution in [0, 0.1) is 0 Å². The van der Waals surface area contributed by atoms with Crippen LogP contribution in [0.1, 0.15) is 51.0 Å². The highest BCUT2D eigenvalue weighted by Crippen LogP contribution is 2.33. The summed E-state index contributed by atoms with van der Waals surface area (Å²) in [6.45, 7) is 7.81. The Hall–Kier alpha value is -0.980. The number of unbranched alkanes of at least 4 members (excludes halogenated alkanes) is 2. The van der Waals surface area contributed by atoms with Crippen LogP contribution in [0.5, 0.6) is 5.75 Å². The molecule has 0 saturated heterocycles. The van der Waals surface area contributed by atoms with Crippen LogP contribution in [0.25, 0.3) is 0 Å². The van der Waals surface area contributed by atoms with Crippen molar-refractivity contribution in [3.05, 3.63) is 29.8 Å². The molecule has 0 amide bonds. The third-order valence-electron chi connectivity index (χ3n) is 3.97. The topological polar surface area (TPSA) is 45.7 Å². The van der Waals surface area contributed by atoms with Crippen LogP contribution in [0.3, 0.4) is 0 Å². The predicted octanol–water partition coefficient (Wildman–Crippen LogP) is 3.92. The Morgan fingerprint density at radius 1 is 1.22 bits per heavy atom. The number of hydrogen-bond donors (Lipinski definition) is 2. The normalized spacial score (nSPS) is 16.8. The Balaban J connectivity index is 0.00000264. The lowest BCUT2D eigenvalue weighted by Gasteiger charge is -2.25. The van der Waals surface area contributed by atoms with Gasteiger partial charge in [-0.1, -0.05) is 38.0 Å². The molecule has 5 heteroatoms. The standard InChI is InChI=1S/C18H29N3O.HI/c1-3-5-8-12-20-18(19-4-2)21-14-15-11-13-22-17-10-7-6-9-16(15)17;/h6-7,9-10,15H,3-5,8,11-14H2,1-2H3,(H2,19,20,21);1H. The zero-order valence-corrected chi connectivity index (χ0v) is 16.6. The molecule has 2 N–H and O–H groups in total. The van der Waals surface area contributed by atoms with Crippen LogP contribution in [0.2, 0.25) is 0 Å². The molecule has 1 atom stereocenters. The maximum Gasteiger partial charge on any atom is 0.191 e. The van der Waals surface area contributed by atoms with E-state index in [4.69, 9.17) is 9.73 Å². The van der Waals surface area contributed by atoms with Crippen LogP contribution < -0.4 is 15.4 Å². The molecule has 0 fully saturated rings. The van der Waals surface area contributed by atoms with Gasteiger partial charge in [-0.3, -0.25) is 4.99 Å². The van der Waals surface area contributed by atoms with E-state index in [1.807, 2.05) is 6.07 Å². The monoisotopic (exact) mass is 431 g/mol. The van der Waals surface area contributed by atoms with Gasteiger partial charge in [-0.05, 0) is 31.4 Å². The number of ether oxygens (including phenoxy) is 1. The van der Waals surface area contributed by atoms with Crippen molar-refractivity contribution in [2.75, 3.05) is 26.2 Å². The van der Waals surface area contributed by atoms with E-state index in [1.165, 1.54) is 24.8 Å². The Labute approximate surface area is 157 Å². The minimum atomic E-state index is 0. The summed E-state index contributed by atoms with van der Waals surface area (Å²) in [7, 11) is 0. The molecule has 1 aliphatic rings. The number of nitrogens with zero attached hydrogens (tertiary/aromatic N) is 1. The van der Waals surface area contributed by atoms with Crippen LogP contribution in [-0.4, -0.2) is 32.2 Å². The van der Waals surface area contributed by atoms with Gasteiger partial charge in [-0.25, -0.2) is 0 Å². The summed E-state index contributed by atoms with van der Waals surface area (Å²) in [5.74, 6) is 2.41. The average molecular weight is 431 g/mol. The zero-order valence-electron chi connectivity index (χ0n) is 14.3. The maximum absolute atomic E-state index is 5.72. The zero-order chi connectivity index (χ0) is 15.6. The second-order valence-electron chi connectivity index (χ2n) is 5.73. The number of hydrogen-bond acceptors (Lipinski definition) is 2. The van der Waals surface area contributed by atoms with Gasteiger partial charge in [0.1, 0.15) is 5.75 Å². The minimum absolute atomic E-state index is 0. The number of halogens is 1. The second-order valence-corrected chi connectivity index (χ2v) is 5.73. The molecule has 1 aliphatic heterocycles. The summed E-state index contributed by atoms with van der Waals surface area (Å²) in [4.78, 5) is 4.77. The fraction of sp³-hybridized carbons (Fsp3) is 0.611. The number of nitrogens with one attached hydrogen (secondary N) is 2. The molecular formula is C18H30IN3O. The number of para-hydroxylation sites is 1. The number of rotatable bonds is 7. The van der Waals surface area contributed by atoms with Gasteiger partial charge < -0.3 is 15.4 Å². The highest BCUT2D eigenvalue weighted by Gasteiger charge is 2.20. The Kier molecular flexibility index (Phi) is 10.1. The smallest absolute Gasteiger partial charge is 0.191 e. The van der Waals surface area contributed by atoms with Gasteiger partial charge in [0.05, 0.1) is 6.61 Å². The van der Waals surface area contributed by atoms with Crippen molar-refractivity contribution in [3.8, 4) is 5.75 Å². The maximum atomic E-state index is 5.72. The van der Waals surface area contributed by atoms with Crippen molar-refractivity contribution in [2.45, 2.75) is 45.4 Å². The highest BCUT2D eigenvalue weighted by atomic mass is 127. The molecular weight excluding hydrogens is 401 g/mol. The number of fused-ring (bicyclic) bond motifs is 1. The lowest BCUT2D eigenvalue weighted by atomic mass is 9.93. The molecule has 4 nitrogen and oxygen atoms in total. The molecule has 2 rings (SSSR count). The second kappa shape index (κ2) is 11.5. The molecule has 23 heavy (non-hydrogen) atoms. The SMILES string of the molecule is CCCCCNC(=NCC1CCOc2ccccc21)NCC.I. The van der Waals surface area contributed by atoms with Gasteiger partial charge >= 0.3 is 0 Å². The highest BCUT2D eigenvalue weighted by molar-refractivity contribution is 14.0. The van der Waals surface area contributed by atoms with Gasteiger partial charge in [0.15, 0.2) is 5.96 Å². The number of benzene rings is 1. The first-order chi connectivity index (χ1) is 10.8. The summed E-state index contributed by atoms with van der Waals surface area (Å²) in [5.41, 5.74) is 1.29. The fourth-order valence-corrected chi connectivity index (χ4v) is 2.73. The van der Waals surface area contributed by atoms with Crippen molar-refractivity contribution < 1.29 is 4.74 Å². The van der Waals surface area contributed by atoms with Crippen LogP contribution in [0.4, 0.5) is 0 Å². The van der Waals surface area contributed by atoms with E-state index in [0.717, 1.165) is 44.4 Å². The summed E-state index contributed by atoms with van der Waals surface area (Å²) in [6.07, 6.45) is 4.74. The molecule has 1 unspecified atom stereocenters. The lowest BCUT2D eigenvalue weighted by molar-refractivity contribution is 0.269. The van der Waals surface area contributed by atoms with Gasteiger partial charge in [-0.2, -0.15) is 0 Å². The third kappa shape index (κ3) is 6.57. The molecule has 0 saturated carbocycles. The molecule has 0 aromatic heterocycles. The summed E-state index contributed by atoms with van der Waals surface area (Å²) in [5, 5.41) is 6.76. The number of guanidine groups is 1. The quantitative estimate of drug-likeness (QED) is 0.298. The Morgan fingerprint density at radius 2 is 2.04 bits per heavy atom. The first kappa shape index (κ1) is 20.1. The first-order valence-electron chi connectivity index (χ1n) is 8.59. The molecule has 1 aromatic carbocycles. The lowest BCUT2D eigenvalue weighted by Crippen LogP contribution is -2.38. The van der Waals surface area contributed by atoms with E-state index in [2.05, 4.69) is 42.7 Å². The molecule has 0 aliphatic carbocycles. The number of aliphatic imine (C=N–C) groups is 1. The van der Waals surface area contributed by atoms with Crippen molar-refractivity contribution >= 4 is 29.9 Å². The van der Waals surface area contributed by atoms with E-state index in [0.29, 0.717) is 5.92 Å². The minimum Gasteiger partial charge on any atom is -0.493 e. The van der Waals surface area contributed by atoms with Gasteiger partial charge in [0.2, 0.25) is 0 Å². The van der Waals surface area contributed by atoms with Crippen molar-refractivity contribution in [1.82, 2.24) is 10.6 Å². The van der Waals surface area contributed by atoms with Crippen LogP contribution in [-0.2, 0) is 0 Å². The Morgan fingerprint density at radius 3 is 2.83 bits per heavy atom. The molecule has 0 bridgehead atoms. The largest absolute Gasteiger partial charge is 0.493 e. The third-order valence-corrected chi connectivity index (χ3v) is 3.97. The molecule has 130 valence electrons. The van der Waals surface area contributed by atoms with Gasteiger partial charge in [0.25, 0.3) is 0 Å². The molecule has 1 aromatic rings. The van der Waals surface area contributed by atoms with E-state index in [-0.39, 0.29) is 24.0 Å². The average Bonchev–Trinajstić information content (AvgIpc) is 2.56. The van der Waals surface area contributed by atoms with Crippen molar-refractivity contribution in [1.29, 1.82) is 0 Å². The van der Waals surface area contributed by atoms with E-state index in [1.54, 1.807) is 0 Å². The van der Waals surface area contributed by atoms with Crippen LogP contribution in [0.15, 0.2) is 29.3 Å². The molecule has 0 spiro atoms. The summed E-state index contributed by atoms with van der Waals surface area (Å²) in [6, 6.07) is 8.33. The Bertz CT molecular complexity index is 479. The van der Waals surface area contributed by atoms with Crippen molar-refractivity contribution in [2.24, 2.45) is 4.99 Å². The van der Waals surface area contributed by atoms with Gasteiger partial charge in [-0.15, -0.1) is 24.0 Å². The summed E-state index contributed by atoms with van der Waals surface area (Å²) < 4.78 is 5.72. The fourth-order valence-electron chi connectivity index (χ4n) is 2.73. The van der Waals surface area contributed by atoms with Gasteiger partial charge in [0, 0.05) is 25.6 Å². The van der Waals surface area contributed by atoms with Crippen LogP contribution >= 0.6 is 24.0 Å². The molecule has 1 heterocycles. The van der Waals surface area contributed by atoms with E-state index in [9.17, 15) is 0 Å². The predicted molar refractivity (Wildman–Crippen MR) is 108 cm³/mol. The van der Waals surface area contributed by atoms with E-state index >= 15 is 0 Å². The van der Waals surface area contributed by atoms with Crippen molar-refractivity contribution in [3.63, 3.8) is 0 Å². The first-order valence-corrected chi connectivity index (χ1v) is 8.59.